The molecule has 138 valence electrons. The van der Waals surface area contributed by atoms with Crippen molar-refractivity contribution in [1.82, 2.24) is 0 Å². The first-order chi connectivity index (χ1) is 13.7. The molecule has 2 atom stereocenters. The van der Waals surface area contributed by atoms with Crippen molar-refractivity contribution in [3.8, 4) is 0 Å². The predicted molar refractivity (Wildman–Crippen MR) is 119 cm³/mol. The minimum Gasteiger partial charge on any atom is -0.333 e. The number of para-hydroxylation sites is 1. The molecule has 0 spiro atoms. The minimum atomic E-state index is 0.0197. The van der Waals surface area contributed by atoms with E-state index in [-0.39, 0.29) is 5.41 Å². The van der Waals surface area contributed by atoms with Crippen molar-refractivity contribution in [2.45, 2.75) is 31.7 Å². The standard InChI is InChI=1S/C27H25N/c1-20-16-17-25-24(18-20)27(2)19-22(21-10-5-3-6-11-21)12-9-15-26(27)28(25)23-13-7-4-8-14-23/h3-18,26H,19H2,1-2H3. The molecule has 2 unspecified atom stereocenters. The van der Waals surface area contributed by atoms with E-state index >= 15 is 0 Å². The SMILES string of the molecule is Cc1ccc2c(c1)C1(C)CC(c3ccccc3)=CC=CC1N2c1ccccc1. The molecule has 0 saturated carbocycles. The molecule has 1 aliphatic heterocycles. The van der Waals surface area contributed by atoms with E-state index in [1.807, 2.05) is 0 Å². The highest BCUT2D eigenvalue weighted by Gasteiger charge is 2.47. The number of aryl methyl sites for hydroxylation is 1. The van der Waals surface area contributed by atoms with E-state index in [2.05, 4.69) is 116 Å². The summed E-state index contributed by atoms with van der Waals surface area (Å²) in [6, 6.07) is 28.8. The highest BCUT2D eigenvalue weighted by Crippen LogP contribution is 2.53. The average molecular weight is 364 g/mol. The Kier molecular flexibility index (Phi) is 3.98. The summed E-state index contributed by atoms with van der Waals surface area (Å²) < 4.78 is 0. The number of rotatable bonds is 2. The van der Waals surface area contributed by atoms with Crippen LogP contribution in [0.2, 0.25) is 0 Å². The number of hydrogen-bond acceptors (Lipinski definition) is 1. The van der Waals surface area contributed by atoms with Crippen LogP contribution in [-0.4, -0.2) is 6.04 Å². The van der Waals surface area contributed by atoms with E-state index in [9.17, 15) is 0 Å². The number of fused-ring (bicyclic) bond motifs is 3. The second kappa shape index (κ2) is 6.53. The summed E-state index contributed by atoms with van der Waals surface area (Å²) in [5, 5.41) is 0. The summed E-state index contributed by atoms with van der Waals surface area (Å²) in [5.41, 5.74) is 8.12. The molecule has 1 heterocycles. The van der Waals surface area contributed by atoms with Gasteiger partial charge in [0.1, 0.15) is 0 Å². The minimum absolute atomic E-state index is 0.0197. The Morgan fingerprint density at radius 2 is 1.61 bits per heavy atom. The largest absolute Gasteiger partial charge is 0.333 e. The zero-order valence-corrected chi connectivity index (χ0v) is 16.5. The lowest BCUT2D eigenvalue weighted by Crippen LogP contribution is -2.39. The van der Waals surface area contributed by atoms with Gasteiger partial charge in [-0.05, 0) is 48.2 Å². The fourth-order valence-corrected chi connectivity index (χ4v) is 4.88. The van der Waals surface area contributed by atoms with Crippen molar-refractivity contribution in [1.29, 1.82) is 0 Å². The molecule has 1 nitrogen and oxygen atoms in total. The number of hydrogen-bond donors (Lipinski definition) is 0. The van der Waals surface area contributed by atoms with Gasteiger partial charge < -0.3 is 4.90 Å². The molecular formula is C27H25N. The third-order valence-electron chi connectivity index (χ3n) is 6.29. The quantitative estimate of drug-likeness (QED) is 0.483. The zero-order chi connectivity index (χ0) is 19.1. The molecule has 0 aromatic heterocycles. The van der Waals surface area contributed by atoms with Crippen LogP contribution in [0.4, 0.5) is 11.4 Å². The van der Waals surface area contributed by atoms with E-state index in [1.165, 1.54) is 33.6 Å². The molecular weight excluding hydrogens is 338 g/mol. The summed E-state index contributed by atoms with van der Waals surface area (Å²) in [6.07, 6.45) is 7.97. The molecule has 0 N–H and O–H groups in total. The second-order valence-corrected chi connectivity index (χ2v) is 8.21. The molecule has 1 heteroatoms. The average Bonchev–Trinajstić information content (AvgIpc) is 2.85. The Morgan fingerprint density at radius 1 is 0.893 bits per heavy atom. The van der Waals surface area contributed by atoms with Gasteiger partial charge in [-0.1, -0.05) is 91.4 Å². The van der Waals surface area contributed by atoms with Crippen LogP contribution in [-0.2, 0) is 5.41 Å². The first-order valence-electron chi connectivity index (χ1n) is 10.0. The molecule has 28 heavy (non-hydrogen) atoms. The lowest BCUT2D eigenvalue weighted by atomic mass is 9.73. The van der Waals surface area contributed by atoms with Gasteiger partial charge in [0.2, 0.25) is 0 Å². The van der Waals surface area contributed by atoms with Gasteiger partial charge in [-0.15, -0.1) is 0 Å². The number of anilines is 2. The monoisotopic (exact) mass is 363 g/mol. The Labute approximate surface area is 167 Å². The second-order valence-electron chi connectivity index (χ2n) is 8.21. The zero-order valence-electron chi connectivity index (χ0n) is 16.5. The molecule has 0 saturated heterocycles. The molecule has 1 aliphatic carbocycles. The summed E-state index contributed by atoms with van der Waals surface area (Å²) in [6.45, 7) is 4.63. The van der Waals surface area contributed by atoms with Gasteiger partial charge in [0.25, 0.3) is 0 Å². The Balaban J connectivity index is 1.67. The van der Waals surface area contributed by atoms with Gasteiger partial charge in [0.15, 0.2) is 0 Å². The first-order valence-corrected chi connectivity index (χ1v) is 10.0. The van der Waals surface area contributed by atoms with E-state index in [0.29, 0.717) is 6.04 Å². The van der Waals surface area contributed by atoms with Crippen LogP contribution in [0.15, 0.2) is 97.1 Å². The van der Waals surface area contributed by atoms with Crippen molar-refractivity contribution in [3.05, 3.63) is 114 Å². The summed E-state index contributed by atoms with van der Waals surface area (Å²) in [5.74, 6) is 0. The maximum absolute atomic E-state index is 2.52. The fraction of sp³-hybridized carbons (Fsp3) is 0.185. The van der Waals surface area contributed by atoms with E-state index in [0.717, 1.165) is 6.42 Å². The van der Waals surface area contributed by atoms with Gasteiger partial charge in [0.05, 0.1) is 6.04 Å². The molecule has 0 radical (unpaired) electrons. The Bertz CT molecular complexity index is 1060. The van der Waals surface area contributed by atoms with E-state index < -0.39 is 0 Å². The number of nitrogens with zero attached hydrogens (tertiary/aromatic N) is 1. The Morgan fingerprint density at radius 3 is 2.36 bits per heavy atom. The van der Waals surface area contributed by atoms with Crippen molar-refractivity contribution in [2.24, 2.45) is 0 Å². The normalized spacial score (nSPS) is 23.0. The summed E-state index contributed by atoms with van der Waals surface area (Å²) in [7, 11) is 0. The summed E-state index contributed by atoms with van der Waals surface area (Å²) in [4.78, 5) is 2.52. The molecule has 5 rings (SSSR count). The lowest BCUT2D eigenvalue weighted by molar-refractivity contribution is 0.461. The fourth-order valence-electron chi connectivity index (χ4n) is 4.88. The van der Waals surface area contributed by atoms with Crippen molar-refractivity contribution in [3.63, 3.8) is 0 Å². The smallest absolute Gasteiger partial charge is 0.0623 e. The van der Waals surface area contributed by atoms with Gasteiger partial charge in [-0.25, -0.2) is 0 Å². The molecule has 0 fully saturated rings. The number of allylic oxidation sites excluding steroid dienone is 3. The highest BCUT2D eigenvalue weighted by molar-refractivity contribution is 5.79. The van der Waals surface area contributed by atoms with Crippen LogP contribution in [0.1, 0.15) is 30.0 Å². The Hall–Kier alpha value is -3.06. The predicted octanol–water partition coefficient (Wildman–Crippen LogP) is 6.82. The van der Waals surface area contributed by atoms with E-state index in [1.54, 1.807) is 0 Å². The van der Waals surface area contributed by atoms with Crippen LogP contribution < -0.4 is 4.90 Å². The van der Waals surface area contributed by atoms with Crippen LogP contribution >= 0.6 is 0 Å². The first kappa shape index (κ1) is 17.1. The molecule has 2 aliphatic rings. The van der Waals surface area contributed by atoms with Gasteiger partial charge in [-0.2, -0.15) is 0 Å². The van der Waals surface area contributed by atoms with Crippen molar-refractivity contribution < 1.29 is 0 Å². The van der Waals surface area contributed by atoms with Gasteiger partial charge in [0, 0.05) is 16.8 Å². The maximum atomic E-state index is 2.52. The van der Waals surface area contributed by atoms with Crippen LogP contribution in [0.25, 0.3) is 5.57 Å². The maximum Gasteiger partial charge on any atom is 0.0623 e. The third kappa shape index (κ3) is 2.62. The van der Waals surface area contributed by atoms with Crippen molar-refractivity contribution >= 4 is 16.9 Å². The number of benzene rings is 3. The van der Waals surface area contributed by atoms with Gasteiger partial charge >= 0.3 is 0 Å². The van der Waals surface area contributed by atoms with Crippen LogP contribution in [0.3, 0.4) is 0 Å². The molecule has 3 aromatic carbocycles. The topological polar surface area (TPSA) is 3.24 Å². The molecule has 3 aromatic rings. The molecule has 0 bridgehead atoms. The molecule has 0 amide bonds. The lowest BCUT2D eigenvalue weighted by Gasteiger charge is -2.35. The van der Waals surface area contributed by atoms with Gasteiger partial charge in [-0.3, -0.25) is 0 Å². The highest BCUT2D eigenvalue weighted by atomic mass is 15.2. The van der Waals surface area contributed by atoms with E-state index in [4.69, 9.17) is 0 Å². The summed E-state index contributed by atoms with van der Waals surface area (Å²) >= 11 is 0. The van der Waals surface area contributed by atoms with Crippen LogP contribution in [0, 0.1) is 6.92 Å². The van der Waals surface area contributed by atoms with Crippen LogP contribution in [0.5, 0.6) is 0 Å². The third-order valence-corrected chi connectivity index (χ3v) is 6.29. The van der Waals surface area contributed by atoms with Crippen molar-refractivity contribution in [2.75, 3.05) is 4.90 Å².